The summed E-state index contributed by atoms with van der Waals surface area (Å²) in [7, 11) is 0. The van der Waals surface area contributed by atoms with Gasteiger partial charge < -0.3 is 9.66 Å². The molecule has 0 amide bonds. The van der Waals surface area contributed by atoms with E-state index in [1.54, 1.807) is 0 Å². The molecular weight excluding hydrogens is 304 g/mol. The van der Waals surface area contributed by atoms with Crippen LogP contribution in [-0.2, 0) is 11.1 Å². The van der Waals surface area contributed by atoms with Crippen molar-refractivity contribution in [2.75, 3.05) is 0 Å². The molecule has 0 fully saturated rings. The van der Waals surface area contributed by atoms with Crippen LogP contribution in [0.2, 0.25) is 0 Å². The van der Waals surface area contributed by atoms with E-state index in [9.17, 15) is 9.32 Å². The zero-order valence-electron chi connectivity index (χ0n) is 10.8. The van der Waals surface area contributed by atoms with Crippen molar-refractivity contribution in [1.82, 2.24) is 10.2 Å². The molecule has 0 radical (unpaired) electrons. The van der Waals surface area contributed by atoms with E-state index >= 15 is 0 Å². The summed E-state index contributed by atoms with van der Waals surface area (Å²) in [5, 5.41) is 36.8. The van der Waals surface area contributed by atoms with Crippen LogP contribution >= 0.6 is 0 Å². The predicted octanol–water partition coefficient (Wildman–Crippen LogP) is 1.81. The maximum atomic E-state index is 11.1. The third-order valence-electron chi connectivity index (χ3n) is 3.20. The number of nitrogens with zero attached hydrogens (tertiary/aromatic N) is 4. The van der Waals surface area contributed by atoms with Gasteiger partial charge in [0.15, 0.2) is 11.1 Å². The van der Waals surface area contributed by atoms with Gasteiger partial charge in [-0.15, -0.1) is 10.2 Å². The summed E-state index contributed by atoms with van der Waals surface area (Å²) in [6.45, 7) is 0. The number of benzene rings is 2. The first-order chi connectivity index (χ1) is 10.5. The van der Waals surface area contributed by atoms with Crippen LogP contribution in [0.3, 0.4) is 0 Å². The fourth-order valence-electron chi connectivity index (χ4n) is 2.18. The van der Waals surface area contributed by atoms with Gasteiger partial charge in [0.05, 0.1) is 22.2 Å². The van der Waals surface area contributed by atoms with Crippen molar-refractivity contribution in [3.05, 3.63) is 35.4 Å². The molecule has 1 unspecified atom stereocenters. The number of fused-ring (bicyclic) bond motifs is 3. The molecule has 7 nitrogen and oxygen atoms in total. The first kappa shape index (κ1) is 13.9. The van der Waals surface area contributed by atoms with Gasteiger partial charge in [0, 0.05) is 10.8 Å². The predicted molar refractivity (Wildman–Crippen MR) is 77.2 cm³/mol. The van der Waals surface area contributed by atoms with Gasteiger partial charge >= 0.3 is 0 Å². The van der Waals surface area contributed by atoms with Crippen molar-refractivity contribution in [2.45, 2.75) is 4.90 Å². The van der Waals surface area contributed by atoms with Gasteiger partial charge in [0.1, 0.15) is 22.8 Å². The minimum absolute atomic E-state index is 0.171. The van der Waals surface area contributed by atoms with Crippen molar-refractivity contribution in [3.8, 4) is 17.9 Å². The summed E-state index contributed by atoms with van der Waals surface area (Å²) < 4.78 is 20.2. The van der Waals surface area contributed by atoms with Gasteiger partial charge in [0.25, 0.3) is 0 Å². The van der Waals surface area contributed by atoms with Crippen LogP contribution < -0.4 is 0 Å². The van der Waals surface area contributed by atoms with Crippen molar-refractivity contribution >= 4 is 32.9 Å². The Kier molecular flexibility index (Phi) is 3.18. The van der Waals surface area contributed by atoms with E-state index in [-0.39, 0.29) is 21.8 Å². The SMILES string of the molecule is N#Cc1cc2nnc3cc(S(=O)O)c(O)cc3c2cc1C#N. The highest BCUT2D eigenvalue weighted by molar-refractivity contribution is 7.79. The van der Waals surface area contributed by atoms with E-state index in [0.29, 0.717) is 21.8 Å². The number of rotatable bonds is 1. The summed E-state index contributed by atoms with van der Waals surface area (Å²) in [6.07, 6.45) is 0. The molecule has 0 saturated heterocycles. The Morgan fingerprint density at radius 1 is 0.955 bits per heavy atom. The second-order valence-electron chi connectivity index (χ2n) is 4.42. The monoisotopic (exact) mass is 310 g/mol. The van der Waals surface area contributed by atoms with E-state index in [2.05, 4.69) is 10.2 Å². The fraction of sp³-hybridized carbons (Fsp3) is 0. The van der Waals surface area contributed by atoms with Crippen LogP contribution in [-0.4, -0.2) is 24.1 Å². The lowest BCUT2D eigenvalue weighted by molar-refractivity contribution is 0.458. The summed E-state index contributed by atoms with van der Waals surface area (Å²) >= 11 is -2.35. The van der Waals surface area contributed by atoms with Crippen LogP contribution in [0.1, 0.15) is 11.1 Å². The zero-order chi connectivity index (χ0) is 15.9. The summed E-state index contributed by atoms with van der Waals surface area (Å²) in [5.41, 5.74) is 1.05. The van der Waals surface area contributed by atoms with Crippen molar-refractivity contribution < 1.29 is 13.9 Å². The molecule has 0 aliphatic rings. The van der Waals surface area contributed by atoms with Crippen LogP contribution in [0.4, 0.5) is 0 Å². The van der Waals surface area contributed by atoms with Crippen molar-refractivity contribution in [2.24, 2.45) is 0 Å². The maximum Gasteiger partial charge on any atom is 0.190 e. The van der Waals surface area contributed by atoms with Crippen molar-refractivity contribution in [1.29, 1.82) is 10.5 Å². The van der Waals surface area contributed by atoms with Gasteiger partial charge in [-0.05, 0) is 24.3 Å². The molecule has 22 heavy (non-hydrogen) atoms. The number of hydrogen-bond donors (Lipinski definition) is 2. The van der Waals surface area contributed by atoms with Gasteiger partial charge in [-0.3, -0.25) is 0 Å². The molecule has 8 heteroatoms. The molecule has 106 valence electrons. The average molecular weight is 310 g/mol. The van der Waals surface area contributed by atoms with Crippen LogP contribution in [0.15, 0.2) is 29.2 Å². The number of aromatic nitrogens is 2. The molecule has 0 aliphatic carbocycles. The lowest BCUT2D eigenvalue weighted by Gasteiger charge is -2.06. The molecule has 0 spiro atoms. The Bertz CT molecular complexity index is 1050. The average Bonchev–Trinajstić information content (AvgIpc) is 2.52. The number of nitriles is 2. The number of phenols is 1. The molecule has 2 aromatic carbocycles. The van der Waals surface area contributed by atoms with E-state index in [1.165, 1.54) is 24.3 Å². The molecule has 1 heterocycles. The number of hydrogen-bond acceptors (Lipinski definition) is 6. The largest absolute Gasteiger partial charge is 0.507 e. The first-order valence-corrected chi connectivity index (χ1v) is 7.04. The quantitative estimate of drug-likeness (QED) is 0.517. The fourth-order valence-corrected chi connectivity index (χ4v) is 2.63. The molecule has 0 saturated carbocycles. The zero-order valence-corrected chi connectivity index (χ0v) is 11.6. The molecule has 2 N–H and O–H groups in total. The summed E-state index contributed by atoms with van der Waals surface area (Å²) in [4.78, 5) is -0.171. The number of phenolic OH excluding ortho intramolecular Hbond substituents is 1. The van der Waals surface area contributed by atoms with Gasteiger partial charge in [0.2, 0.25) is 0 Å². The van der Waals surface area contributed by atoms with E-state index in [1.807, 2.05) is 12.1 Å². The van der Waals surface area contributed by atoms with E-state index in [0.717, 1.165) is 0 Å². The highest BCUT2D eigenvalue weighted by atomic mass is 32.2. The van der Waals surface area contributed by atoms with Crippen LogP contribution in [0.5, 0.6) is 5.75 Å². The lowest BCUT2D eigenvalue weighted by atomic mass is 10.0. The molecule has 0 bridgehead atoms. The summed E-state index contributed by atoms with van der Waals surface area (Å²) in [5.74, 6) is -0.356. The lowest BCUT2D eigenvalue weighted by Crippen LogP contribution is -1.94. The Morgan fingerprint density at radius 3 is 2.09 bits per heavy atom. The summed E-state index contributed by atoms with van der Waals surface area (Å²) in [6, 6.07) is 9.32. The molecule has 1 aromatic heterocycles. The third-order valence-corrected chi connectivity index (χ3v) is 3.90. The van der Waals surface area contributed by atoms with E-state index in [4.69, 9.17) is 15.1 Å². The van der Waals surface area contributed by atoms with Crippen molar-refractivity contribution in [3.63, 3.8) is 0 Å². The maximum absolute atomic E-state index is 11.1. The highest BCUT2D eigenvalue weighted by Gasteiger charge is 2.14. The Morgan fingerprint density at radius 2 is 1.50 bits per heavy atom. The third kappa shape index (κ3) is 2.04. The topological polar surface area (TPSA) is 131 Å². The highest BCUT2D eigenvalue weighted by Crippen LogP contribution is 2.31. The van der Waals surface area contributed by atoms with Crippen LogP contribution in [0, 0.1) is 22.7 Å². The van der Waals surface area contributed by atoms with Gasteiger partial charge in [-0.2, -0.15) is 10.5 Å². The second kappa shape index (κ2) is 5.04. The van der Waals surface area contributed by atoms with Gasteiger partial charge in [-0.25, -0.2) is 4.21 Å². The smallest absolute Gasteiger partial charge is 0.190 e. The standard InChI is InChI=1S/C14H6N4O3S/c15-5-7-1-9-10-3-13(19)14(22(20)21)4-12(10)18-17-11(9)2-8(7)6-16/h1-4,19H,(H,20,21). The molecule has 3 rings (SSSR count). The molecule has 1 atom stereocenters. The second-order valence-corrected chi connectivity index (χ2v) is 5.36. The van der Waals surface area contributed by atoms with Gasteiger partial charge in [-0.1, -0.05) is 0 Å². The Balaban J connectivity index is 2.46. The Labute approximate surface area is 126 Å². The minimum Gasteiger partial charge on any atom is -0.507 e. The molecule has 3 aromatic rings. The normalized spacial score (nSPS) is 12.0. The van der Waals surface area contributed by atoms with E-state index < -0.39 is 11.1 Å². The first-order valence-electron chi connectivity index (χ1n) is 5.93. The molecular formula is C14H6N4O3S. The van der Waals surface area contributed by atoms with Crippen LogP contribution in [0.25, 0.3) is 21.8 Å². The minimum atomic E-state index is -2.35. The number of aromatic hydroxyl groups is 1. The Hall–Kier alpha value is -3.07. The molecule has 0 aliphatic heterocycles.